The first-order valence-electron chi connectivity index (χ1n) is 15.9. The van der Waals surface area contributed by atoms with Crippen LogP contribution in [0, 0.1) is 5.92 Å². The van der Waals surface area contributed by atoms with Crippen LogP contribution in [-0.2, 0) is 16.5 Å². The molecule has 2 N–H and O–H groups in total. The van der Waals surface area contributed by atoms with Crippen molar-refractivity contribution in [1.82, 2.24) is 19.7 Å². The second kappa shape index (κ2) is 13.5. The average Bonchev–Trinajstić information content (AvgIpc) is 3.58. The van der Waals surface area contributed by atoms with Gasteiger partial charge in [-0.05, 0) is 89.9 Å². The van der Waals surface area contributed by atoms with E-state index in [2.05, 4.69) is 85.2 Å². The number of piperidine rings is 1. The summed E-state index contributed by atoms with van der Waals surface area (Å²) in [5.74, 6) is 3.02. The molecule has 4 heterocycles. The lowest BCUT2D eigenvalue weighted by atomic mass is 9.94. The number of halogens is 1. The maximum absolute atomic E-state index is 5.95. The minimum atomic E-state index is -0.304. The van der Waals surface area contributed by atoms with Crippen molar-refractivity contribution in [3.05, 3.63) is 59.0 Å². The van der Waals surface area contributed by atoms with Crippen molar-refractivity contribution < 1.29 is 14.2 Å². The molecule has 3 fully saturated rings. The van der Waals surface area contributed by atoms with E-state index in [9.17, 15) is 0 Å². The Morgan fingerprint density at radius 1 is 0.978 bits per heavy atom. The number of benzene rings is 2. The van der Waals surface area contributed by atoms with Crippen molar-refractivity contribution in [2.45, 2.75) is 37.9 Å². The Balaban J connectivity index is 1.17. The second-order valence-corrected chi connectivity index (χ2v) is 15.6. The molecule has 10 nitrogen and oxygen atoms in total. The highest BCUT2D eigenvalue weighted by atomic mass is 79.9. The summed E-state index contributed by atoms with van der Waals surface area (Å²) in [5.41, 5.74) is 6.52. The van der Waals surface area contributed by atoms with E-state index in [1.165, 1.54) is 23.7 Å². The van der Waals surface area contributed by atoms with Gasteiger partial charge in [-0.15, -0.1) is 0 Å². The number of ether oxygens (including phenoxy) is 3. The van der Waals surface area contributed by atoms with Crippen LogP contribution in [0.2, 0.25) is 0 Å². The summed E-state index contributed by atoms with van der Waals surface area (Å²) in [7, 11) is 3.33. The molecule has 2 aliphatic heterocycles. The summed E-state index contributed by atoms with van der Waals surface area (Å²) in [5, 5.41) is 12.9. The van der Waals surface area contributed by atoms with E-state index >= 15 is 0 Å². The average molecular weight is 707 g/mol. The highest BCUT2D eigenvalue weighted by molar-refractivity contribution is 9.10. The van der Waals surface area contributed by atoms with Crippen molar-refractivity contribution in [3.63, 3.8) is 0 Å². The molecule has 46 heavy (non-hydrogen) atoms. The zero-order valence-electron chi connectivity index (χ0n) is 26.8. The molecule has 0 unspecified atom stereocenters. The van der Waals surface area contributed by atoms with Gasteiger partial charge in [0.15, 0.2) is 6.29 Å². The highest BCUT2D eigenvalue weighted by Crippen LogP contribution is 2.43. The fourth-order valence-corrected chi connectivity index (χ4v) is 7.72. The lowest BCUT2D eigenvalue weighted by Crippen LogP contribution is -2.38. The molecule has 4 aromatic rings. The van der Waals surface area contributed by atoms with Crippen molar-refractivity contribution in [2.75, 3.05) is 62.3 Å². The number of aryl methyl sites for hydroxylation is 1. The molecule has 2 saturated heterocycles. The van der Waals surface area contributed by atoms with Gasteiger partial charge in [0.2, 0.25) is 5.95 Å². The summed E-state index contributed by atoms with van der Waals surface area (Å²) in [6.45, 7) is 7.78. The van der Waals surface area contributed by atoms with Crippen LogP contribution in [0.3, 0.4) is 0 Å². The van der Waals surface area contributed by atoms with Crippen LogP contribution in [0.5, 0.6) is 5.75 Å². The van der Waals surface area contributed by atoms with Gasteiger partial charge in [-0.25, -0.2) is 4.98 Å². The Labute approximate surface area is 280 Å². The number of nitrogens with one attached hydrogen (secondary N) is 2. The van der Waals surface area contributed by atoms with Crippen LogP contribution in [-0.4, -0.2) is 72.8 Å². The Hall–Kier alpha value is -3.24. The fraction of sp³-hybridized carbons (Fsp3) is 0.441. The zero-order chi connectivity index (χ0) is 31.8. The summed E-state index contributed by atoms with van der Waals surface area (Å²) in [6, 6.07) is 11.1. The van der Waals surface area contributed by atoms with E-state index in [1.807, 2.05) is 24.1 Å². The van der Waals surface area contributed by atoms with Crippen LogP contribution in [0.25, 0.3) is 11.1 Å². The highest BCUT2D eigenvalue weighted by Gasteiger charge is 2.32. The number of hydrogen-bond acceptors (Lipinski definition) is 9. The third kappa shape index (κ3) is 6.74. The Kier molecular flexibility index (Phi) is 9.19. The smallest absolute Gasteiger partial charge is 0.229 e. The Morgan fingerprint density at radius 3 is 2.43 bits per heavy atom. The Bertz CT molecular complexity index is 1700. The van der Waals surface area contributed by atoms with E-state index < -0.39 is 0 Å². The van der Waals surface area contributed by atoms with E-state index in [4.69, 9.17) is 19.2 Å². The molecular formula is C34H41BrN7O3P. The number of nitrogens with zero attached hydrogens (tertiary/aromatic N) is 5. The quantitative estimate of drug-likeness (QED) is 0.170. The molecule has 1 aliphatic carbocycles. The summed E-state index contributed by atoms with van der Waals surface area (Å²) in [6.07, 6.45) is 10.2. The third-order valence-electron chi connectivity index (χ3n) is 9.04. The fourth-order valence-electron chi connectivity index (χ4n) is 6.41. The topological polar surface area (TPSA) is 98.6 Å². The van der Waals surface area contributed by atoms with Gasteiger partial charge in [0.05, 0.1) is 36.7 Å². The first-order valence-corrected chi connectivity index (χ1v) is 19.0. The van der Waals surface area contributed by atoms with E-state index in [0.29, 0.717) is 36.6 Å². The van der Waals surface area contributed by atoms with Crippen LogP contribution < -0.4 is 25.6 Å². The van der Waals surface area contributed by atoms with Gasteiger partial charge in [0, 0.05) is 67.0 Å². The van der Waals surface area contributed by atoms with Crippen LogP contribution in [0.1, 0.15) is 37.2 Å². The molecule has 0 radical (unpaired) electrons. The molecule has 2 aromatic heterocycles. The van der Waals surface area contributed by atoms with Crippen LogP contribution in [0.15, 0.2) is 53.4 Å². The normalized spacial score (nSPS) is 17.6. The minimum absolute atomic E-state index is 0.0774. The third-order valence-corrected chi connectivity index (χ3v) is 11.0. The van der Waals surface area contributed by atoms with Crippen molar-refractivity contribution in [2.24, 2.45) is 13.0 Å². The molecule has 0 spiro atoms. The van der Waals surface area contributed by atoms with Crippen molar-refractivity contribution in [1.29, 1.82) is 0 Å². The molecule has 242 valence electrons. The predicted molar refractivity (Wildman–Crippen MR) is 189 cm³/mol. The van der Waals surface area contributed by atoms with Gasteiger partial charge in [-0.1, -0.05) is 14.0 Å². The number of anilines is 5. The molecule has 12 heteroatoms. The molecular weight excluding hydrogens is 665 g/mol. The molecule has 0 atom stereocenters. The number of methoxy groups -OCH3 is 1. The summed E-state index contributed by atoms with van der Waals surface area (Å²) < 4.78 is 20.2. The first-order chi connectivity index (χ1) is 22.4. The molecule has 2 aromatic carbocycles. The van der Waals surface area contributed by atoms with Gasteiger partial charge in [0.25, 0.3) is 0 Å². The molecule has 0 amide bonds. The largest absolute Gasteiger partial charge is 0.494 e. The van der Waals surface area contributed by atoms with Crippen molar-refractivity contribution >= 4 is 58.0 Å². The van der Waals surface area contributed by atoms with Gasteiger partial charge >= 0.3 is 0 Å². The maximum atomic E-state index is 5.95. The molecule has 1 saturated carbocycles. The van der Waals surface area contributed by atoms with Crippen LogP contribution in [0.4, 0.5) is 28.8 Å². The first kappa shape index (κ1) is 31.4. The monoisotopic (exact) mass is 705 g/mol. The standard InChI is InChI=1S/C34H41BrN7O3P/c1-41-20-24(18-37-41)25-16-28(30(43-2)17-29(25)42-11-9-22(10-12-42)33-44-13-14-45-33)39-34-36-19-26(35)32(40-34)38-27-8-7-23(21-5-6-21)15-31(27)46(3)4/h7-8,15-22,33H,5-6,9-14H2,1-4H3,(H2,36,38,39,40). The van der Waals surface area contributed by atoms with Gasteiger partial charge < -0.3 is 29.7 Å². The SMILES string of the molecule is COc1cc(N2CCC(C3OCCO3)CC2)c(-c2cnn(C)c2)cc1Nc1ncc(Br)c(Nc2ccc(C3CC3)cc2P(C)C)n1. The Morgan fingerprint density at radius 2 is 1.76 bits per heavy atom. The van der Waals surface area contributed by atoms with Crippen LogP contribution >= 0.6 is 23.9 Å². The molecule has 0 bridgehead atoms. The van der Waals surface area contributed by atoms with Gasteiger partial charge in [-0.3, -0.25) is 4.68 Å². The maximum Gasteiger partial charge on any atom is 0.229 e. The number of hydrogen-bond donors (Lipinski definition) is 2. The van der Waals surface area contributed by atoms with Gasteiger partial charge in [0.1, 0.15) is 11.6 Å². The number of aromatic nitrogens is 4. The predicted octanol–water partition coefficient (Wildman–Crippen LogP) is 6.97. The lowest BCUT2D eigenvalue weighted by molar-refractivity contribution is -0.0889. The van der Waals surface area contributed by atoms with E-state index in [0.717, 1.165) is 64.5 Å². The zero-order valence-corrected chi connectivity index (χ0v) is 29.3. The van der Waals surface area contributed by atoms with E-state index in [-0.39, 0.29) is 14.2 Å². The molecule has 7 rings (SSSR count). The van der Waals surface area contributed by atoms with Gasteiger partial charge in [-0.2, -0.15) is 10.1 Å². The molecule has 3 aliphatic rings. The summed E-state index contributed by atoms with van der Waals surface area (Å²) in [4.78, 5) is 11.9. The second-order valence-electron chi connectivity index (χ2n) is 12.5. The summed E-state index contributed by atoms with van der Waals surface area (Å²) >= 11 is 3.67. The lowest BCUT2D eigenvalue weighted by Gasteiger charge is -2.36. The van der Waals surface area contributed by atoms with E-state index in [1.54, 1.807) is 13.3 Å². The number of rotatable bonds is 10. The minimum Gasteiger partial charge on any atom is -0.494 e. The van der Waals surface area contributed by atoms with Crippen molar-refractivity contribution in [3.8, 4) is 16.9 Å².